The Hall–Kier alpha value is -1.62. The standard InChI is InChI=1S/C12H17FN2O2/c1-2-5-15-7-9-3-4-11(10(13)6-9)17-8-12(14)16/h3-4,6,15H,2,5,7-8H2,1H3,(H2,14,16). The number of amides is 1. The molecule has 0 saturated heterocycles. The Morgan fingerprint density at radius 3 is 2.88 bits per heavy atom. The smallest absolute Gasteiger partial charge is 0.255 e. The second-order valence-corrected chi connectivity index (χ2v) is 3.70. The van der Waals surface area contributed by atoms with Gasteiger partial charge in [0.2, 0.25) is 0 Å². The maximum Gasteiger partial charge on any atom is 0.255 e. The van der Waals surface area contributed by atoms with Gasteiger partial charge in [-0.2, -0.15) is 0 Å². The average Bonchev–Trinajstić information content (AvgIpc) is 2.28. The highest BCUT2D eigenvalue weighted by Crippen LogP contribution is 2.18. The summed E-state index contributed by atoms with van der Waals surface area (Å²) in [5.41, 5.74) is 5.74. The molecule has 0 heterocycles. The van der Waals surface area contributed by atoms with Crippen LogP contribution in [0, 0.1) is 5.82 Å². The van der Waals surface area contributed by atoms with Crippen molar-refractivity contribution in [1.82, 2.24) is 5.32 Å². The van der Waals surface area contributed by atoms with Crippen molar-refractivity contribution >= 4 is 5.91 Å². The first kappa shape index (κ1) is 13.4. The molecule has 0 unspecified atom stereocenters. The number of ether oxygens (including phenoxy) is 1. The Labute approximate surface area is 100.0 Å². The summed E-state index contributed by atoms with van der Waals surface area (Å²) in [6.45, 7) is 3.25. The predicted molar refractivity (Wildman–Crippen MR) is 63.1 cm³/mol. The fraction of sp³-hybridized carbons (Fsp3) is 0.417. The van der Waals surface area contributed by atoms with Crippen LogP contribution < -0.4 is 15.8 Å². The molecule has 1 amide bonds. The van der Waals surface area contributed by atoms with E-state index in [0.717, 1.165) is 18.5 Å². The van der Waals surface area contributed by atoms with Crippen LogP contribution in [-0.4, -0.2) is 19.1 Å². The topological polar surface area (TPSA) is 64.3 Å². The highest BCUT2D eigenvalue weighted by molar-refractivity contribution is 5.75. The van der Waals surface area contributed by atoms with Gasteiger partial charge in [-0.25, -0.2) is 4.39 Å². The Balaban J connectivity index is 2.56. The van der Waals surface area contributed by atoms with Gasteiger partial charge in [-0.15, -0.1) is 0 Å². The second kappa shape index (κ2) is 6.85. The van der Waals surface area contributed by atoms with E-state index in [0.29, 0.717) is 6.54 Å². The van der Waals surface area contributed by atoms with Crippen molar-refractivity contribution in [3.63, 3.8) is 0 Å². The van der Waals surface area contributed by atoms with Crippen molar-refractivity contribution in [2.75, 3.05) is 13.2 Å². The predicted octanol–water partition coefficient (Wildman–Crippen LogP) is 1.19. The fourth-order valence-electron chi connectivity index (χ4n) is 1.33. The molecule has 5 heteroatoms. The van der Waals surface area contributed by atoms with Crippen molar-refractivity contribution in [3.8, 4) is 5.75 Å². The molecule has 1 aromatic rings. The first-order valence-corrected chi connectivity index (χ1v) is 5.53. The number of rotatable bonds is 7. The third kappa shape index (κ3) is 4.82. The Morgan fingerprint density at radius 1 is 1.53 bits per heavy atom. The molecular weight excluding hydrogens is 223 g/mol. The first-order valence-electron chi connectivity index (χ1n) is 5.53. The molecule has 0 aliphatic heterocycles. The molecule has 17 heavy (non-hydrogen) atoms. The zero-order valence-electron chi connectivity index (χ0n) is 9.83. The summed E-state index contributed by atoms with van der Waals surface area (Å²) in [7, 11) is 0. The summed E-state index contributed by atoms with van der Waals surface area (Å²) in [5, 5.41) is 3.17. The normalized spacial score (nSPS) is 10.2. The average molecular weight is 240 g/mol. The molecular formula is C12H17FN2O2. The van der Waals surface area contributed by atoms with Crippen molar-refractivity contribution < 1.29 is 13.9 Å². The number of halogens is 1. The minimum Gasteiger partial charge on any atom is -0.481 e. The van der Waals surface area contributed by atoms with Gasteiger partial charge in [0, 0.05) is 6.54 Å². The van der Waals surface area contributed by atoms with Crippen LogP contribution in [0.15, 0.2) is 18.2 Å². The van der Waals surface area contributed by atoms with E-state index in [9.17, 15) is 9.18 Å². The summed E-state index contributed by atoms with van der Waals surface area (Å²) in [4.78, 5) is 10.5. The number of carbonyl (C=O) groups is 1. The van der Waals surface area contributed by atoms with E-state index in [1.54, 1.807) is 6.07 Å². The van der Waals surface area contributed by atoms with Gasteiger partial charge in [-0.3, -0.25) is 4.79 Å². The van der Waals surface area contributed by atoms with E-state index in [1.165, 1.54) is 12.1 Å². The Kier molecular flexibility index (Phi) is 5.42. The molecule has 1 aromatic carbocycles. The van der Waals surface area contributed by atoms with Crippen molar-refractivity contribution in [2.45, 2.75) is 19.9 Å². The molecule has 0 fully saturated rings. The number of primary amides is 1. The number of carbonyl (C=O) groups excluding carboxylic acids is 1. The highest BCUT2D eigenvalue weighted by Gasteiger charge is 2.05. The highest BCUT2D eigenvalue weighted by atomic mass is 19.1. The van der Waals surface area contributed by atoms with E-state index in [-0.39, 0.29) is 12.4 Å². The number of hydrogen-bond acceptors (Lipinski definition) is 3. The molecule has 0 bridgehead atoms. The minimum atomic E-state index is -0.627. The van der Waals surface area contributed by atoms with Crippen LogP contribution >= 0.6 is 0 Å². The van der Waals surface area contributed by atoms with Gasteiger partial charge in [0.25, 0.3) is 5.91 Å². The number of benzene rings is 1. The van der Waals surface area contributed by atoms with Crippen molar-refractivity contribution in [1.29, 1.82) is 0 Å². The molecule has 1 rings (SSSR count). The second-order valence-electron chi connectivity index (χ2n) is 3.70. The van der Waals surface area contributed by atoms with Gasteiger partial charge >= 0.3 is 0 Å². The zero-order chi connectivity index (χ0) is 12.7. The molecule has 0 spiro atoms. The number of hydrogen-bond donors (Lipinski definition) is 2. The molecule has 0 radical (unpaired) electrons. The van der Waals surface area contributed by atoms with Gasteiger partial charge in [-0.05, 0) is 30.7 Å². The van der Waals surface area contributed by atoms with Crippen molar-refractivity contribution in [2.24, 2.45) is 5.73 Å². The van der Waals surface area contributed by atoms with Gasteiger partial charge in [0.15, 0.2) is 18.2 Å². The van der Waals surface area contributed by atoms with Crippen LogP contribution in [0.2, 0.25) is 0 Å². The lowest BCUT2D eigenvalue weighted by atomic mass is 10.2. The van der Waals surface area contributed by atoms with Gasteiger partial charge < -0.3 is 15.8 Å². The van der Waals surface area contributed by atoms with E-state index in [4.69, 9.17) is 10.5 Å². The van der Waals surface area contributed by atoms with E-state index >= 15 is 0 Å². The fourth-order valence-corrected chi connectivity index (χ4v) is 1.33. The molecule has 0 aromatic heterocycles. The van der Waals surface area contributed by atoms with Gasteiger partial charge in [0.05, 0.1) is 0 Å². The quantitative estimate of drug-likeness (QED) is 0.704. The summed E-state index contributed by atoms with van der Waals surface area (Å²) in [6, 6.07) is 4.64. The number of nitrogens with two attached hydrogens (primary N) is 1. The zero-order valence-corrected chi connectivity index (χ0v) is 9.83. The minimum absolute atomic E-state index is 0.0445. The van der Waals surface area contributed by atoms with Gasteiger partial charge in [0.1, 0.15) is 0 Å². The van der Waals surface area contributed by atoms with E-state index < -0.39 is 11.7 Å². The molecule has 0 aliphatic carbocycles. The molecule has 0 aliphatic rings. The van der Waals surface area contributed by atoms with Gasteiger partial charge in [-0.1, -0.05) is 13.0 Å². The Morgan fingerprint density at radius 2 is 2.29 bits per heavy atom. The third-order valence-electron chi connectivity index (χ3n) is 2.12. The monoisotopic (exact) mass is 240 g/mol. The first-order chi connectivity index (χ1) is 8.13. The van der Waals surface area contributed by atoms with Crippen LogP contribution in [0.5, 0.6) is 5.75 Å². The van der Waals surface area contributed by atoms with Crippen LogP contribution in [0.1, 0.15) is 18.9 Å². The van der Waals surface area contributed by atoms with Crippen LogP contribution in [0.3, 0.4) is 0 Å². The van der Waals surface area contributed by atoms with Crippen LogP contribution in [0.4, 0.5) is 4.39 Å². The van der Waals surface area contributed by atoms with Crippen LogP contribution in [-0.2, 0) is 11.3 Å². The summed E-state index contributed by atoms with van der Waals surface area (Å²) in [5.74, 6) is -1.07. The SMILES string of the molecule is CCCNCc1ccc(OCC(N)=O)c(F)c1. The number of nitrogens with one attached hydrogen (secondary N) is 1. The largest absolute Gasteiger partial charge is 0.481 e. The third-order valence-corrected chi connectivity index (χ3v) is 2.12. The van der Waals surface area contributed by atoms with Crippen LogP contribution in [0.25, 0.3) is 0 Å². The lowest BCUT2D eigenvalue weighted by molar-refractivity contribution is -0.120. The summed E-state index contributed by atoms with van der Waals surface area (Å²) >= 11 is 0. The molecule has 4 nitrogen and oxygen atoms in total. The Bertz CT molecular complexity index is 383. The summed E-state index contributed by atoms with van der Waals surface area (Å²) in [6.07, 6.45) is 1.03. The lowest BCUT2D eigenvalue weighted by Crippen LogP contribution is -2.20. The molecule has 0 atom stereocenters. The van der Waals surface area contributed by atoms with Crippen molar-refractivity contribution in [3.05, 3.63) is 29.6 Å². The van der Waals surface area contributed by atoms with E-state index in [2.05, 4.69) is 12.2 Å². The summed E-state index contributed by atoms with van der Waals surface area (Å²) < 4.78 is 18.4. The molecule has 3 N–H and O–H groups in total. The molecule has 0 saturated carbocycles. The van der Waals surface area contributed by atoms with E-state index in [1.807, 2.05) is 0 Å². The lowest BCUT2D eigenvalue weighted by Gasteiger charge is -2.07. The maximum absolute atomic E-state index is 13.5. The molecule has 94 valence electrons. The maximum atomic E-state index is 13.5.